The summed E-state index contributed by atoms with van der Waals surface area (Å²) >= 11 is 3.53. The number of anilines is 1. The van der Waals surface area contributed by atoms with E-state index in [9.17, 15) is 9.59 Å². The topological polar surface area (TPSA) is 55.2 Å². The Bertz CT molecular complexity index is 860. The second-order valence-corrected chi connectivity index (χ2v) is 7.34. The number of unbranched alkanes of at least 4 members (excludes halogenated alkanes) is 1. The molecule has 3 rings (SSSR count). The molecule has 0 saturated carbocycles. The van der Waals surface area contributed by atoms with Crippen LogP contribution in [0.25, 0.3) is 0 Å². The molecule has 0 saturated heterocycles. The summed E-state index contributed by atoms with van der Waals surface area (Å²) in [5.41, 5.74) is 3.38. The number of amides is 1. The molecule has 0 atom stereocenters. The second kappa shape index (κ2) is 7.52. The summed E-state index contributed by atoms with van der Waals surface area (Å²) < 4.78 is 2.43. The van der Waals surface area contributed by atoms with Crippen molar-refractivity contribution in [2.45, 2.75) is 46.1 Å². The summed E-state index contributed by atoms with van der Waals surface area (Å²) in [5.74, 6) is -0.142. The van der Waals surface area contributed by atoms with E-state index in [4.69, 9.17) is 0 Å². The molecule has 1 aromatic heterocycles. The SMILES string of the molecule is CCCCn1nc(C(=O)N2CCCc3cc(Br)cc(C)c32)ccc1=O. The molecule has 0 aliphatic carbocycles. The highest BCUT2D eigenvalue weighted by Crippen LogP contribution is 2.34. The fourth-order valence-corrected chi connectivity index (χ4v) is 3.91. The van der Waals surface area contributed by atoms with Gasteiger partial charge in [0.25, 0.3) is 11.5 Å². The summed E-state index contributed by atoms with van der Waals surface area (Å²) in [6.07, 6.45) is 3.72. The van der Waals surface area contributed by atoms with Crippen LogP contribution >= 0.6 is 15.9 Å². The van der Waals surface area contributed by atoms with Crippen LogP contribution in [-0.2, 0) is 13.0 Å². The number of carbonyl (C=O) groups is 1. The van der Waals surface area contributed by atoms with Crippen molar-refractivity contribution in [3.8, 4) is 0 Å². The summed E-state index contributed by atoms with van der Waals surface area (Å²) in [4.78, 5) is 26.8. The number of hydrogen-bond acceptors (Lipinski definition) is 3. The normalized spacial score (nSPS) is 13.6. The third-order valence-electron chi connectivity index (χ3n) is 4.50. The van der Waals surface area contributed by atoms with Gasteiger partial charge in [0, 0.05) is 23.6 Å². The highest BCUT2D eigenvalue weighted by molar-refractivity contribution is 9.10. The molecule has 1 aromatic carbocycles. The molecule has 25 heavy (non-hydrogen) atoms. The van der Waals surface area contributed by atoms with E-state index < -0.39 is 0 Å². The van der Waals surface area contributed by atoms with Gasteiger partial charge in [-0.15, -0.1) is 0 Å². The smallest absolute Gasteiger partial charge is 0.278 e. The average Bonchev–Trinajstić information content (AvgIpc) is 2.59. The Balaban J connectivity index is 1.97. The van der Waals surface area contributed by atoms with E-state index in [0.717, 1.165) is 41.4 Å². The van der Waals surface area contributed by atoms with Gasteiger partial charge >= 0.3 is 0 Å². The molecule has 0 fully saturated rings. The quantitative estimate of drug-likeness (QED) is 0.781. The molecule has 0 N–H and O–H groups in total. The number of aromatic nitrogens is 2. The van der Waals surface area contributed by atoms with Gasteiger partial charge in [0.2, 0.25) is 0 Å². The lowest BCUT2D eigenvalue weighted by Crippen LogP contribution is -2.38. The van der Waals surface area contributed by atoms with Crippen molar-refractivity contribution in [1.29, 1.82) is 0 Å². The Hall–Kier alpha value is -1.95. The second-order valence-electron chi connectivity index (χ2n) is 6.42. The molecular weight excluding hydrogens is 382 g/mol. The maximum Gasteiger partial charge on any atom is 0.278 e. The van der Waals surface area contributed by atoms with Gasteiger partial charge in [0.15, 0.2) is 0 Å². The van der Waals surface area contributed by atoms with Crippen molar-refractivity contribution >= 4 is 27.5 Å². The molecule has 1 aliphatic heterocycles. The van der Waals surface area contributed by atoms with Crippen molar-refractivity contribution in [3.63, 3.8) is 0 Å². The van der Waals surface area contributed by atoms with Crippen molar-refractivity contribution in [2.75, 3.05) is 11.4 Å². The predicted molar refractivity (Wildman–Crippen MR) is 102 cm³/mol. The lowest BCUT2D eigenvalue weighted by atomic mass is 9.98. The van der Waals surface area contributed by atoms with Crippen molar-refractivity contribution < 1.29 is 4.79 Å². The molecule has 0 bridgehead atoms. The van der Waals surface area contributed by atoms with E-state index in [-0.39, 0.29) is 11.5 Å². The molecule has 0 unspecified atom stereocenters. The molecule has 1 amide bonds. The zero-order valence-corrected chi connectivity index (χ0v) is 16.2. The number of nitrogens with zero attached hydrogens (tertiary/aromatic N) is 3. The number of rotatable bonds is 4. The number of fused-ring (bicyclic) bond motifs is 1. The van der Waals surface area contributed by atoms with E-state index in [0.29, 0.717) is 18.8 Å². The molecular formula is C19H22BrN3O2. The summed E-state index contributed by atoms with van der Waals surface area (Å²) in [6, 6.07) is 7.09. The van der Waals surface area contributed by atoms with Gasteiger partial charge in [-0.05, 0) is 55.5 Å². The van der Waals surface area contributed by atoms with Crippen LogP contribution in [0.15, 0.2) is 33.5 Å². The van der Waals surface area contributed by atoms with Gasteiger partial charge in [0.05, 0.1) is 5.69 Å². The van der Waals surface area contributed by atoms with Gasteiger partial charge in [-0.2, -0.15) is 5.10 Å². The maximum absolute atomic E-state index is 13.1. The van der Waals surface area contributed by atoms with Crippen LogP contribution < -0.4 is 10.5 Å². The van der Waals surface area contributed by atoms with Crippen molar-refractivity contribution in [2.24, 2.45) is 0 Å². The minimum atomic E-state index is -0.163. The van der Waals surface area contributed by atoms with Gasteiger partial charge in [-0.25, -0.2) is 4.68 Å². The van der Waals surface area contributed by atoms with Crippen molar-refractivity contribution in [3.05, 3.63) is 55.9 Å². The van der Waals surface area contributed by atoms with Crippen molar-refractivity contribution in [1.82, 2.24) is 9.78 Å². The monoisotopic (exact) mass is 403 g/mol. The van der Waals surface area contributed by atoms with E-state index in [1.165, 1.54) is 22.4 Å². The minimum absolute atomic E-state index is 0.142. The third-order valence-corrected chi connectivity index (χ3v) is 4.95. The van der Waals surface area contributed by atoms with Crippen LogP contribution in [-0.4, -0.2) is 22.2 Å². The Labute approximate surface area is 155 Å². The van der Waals surface area contributed by atoms with E-state index >= 15 is 0 Å². The Morgan fingerprint density at radius 3 is 2.88 bits per heavy atom. The van der Waals surface area contributed by atoms with E-state index in [1.807, 2.05) is 13.0 Å². The Kier molecular flexibility index (Phi) is 5.37. The Morgan fingerprint density at radius 1 is 1.32 bits per heavy atom. The third kappa shape index (κ3) is 3.68. The fourth-order valence-electron chi connectivity index (χ4n) is 3.29. The highest BCUT2D eigenvalue weighted by Gasteiger charge is 2.26. The van der Waals surface area contributed by atoms with Crippen LogP contribution in [0.2, 0.25) is 0 Å². The molecule has 6 heteroatoms. The zero-order valence-electron chi connectivity index (χ0n) is 14.6. The average molecular weight is 404 g/mol. The number of aryl methyl sites for hydroxylation is 3. The predicted octanol–water partition coefficient (Wildman–Crippen LogP) is 3.71. The minimum Gasteiger partial charge on any atom is -0.306 e. The van der Waals surface area contributed by atoms with Gasteiger partial charge in [-0.1, -0.05) is 29.3 Å². The number of hydrogen-bond donors (Lipinski definition) is 0. The molecule has 0 radical (unpaired) electrons. The summed E-state index contributed by atoms with van der Waals surface area (Å²) in [7, 11) is 0. The number of halogens is 1. The van der Waals surface area contributed by atoms with Gasteiger partial charge in [0.1, 0.15) is 5.69 Å². The summed E-state index contributed by atoms with van der Waals surface area (Å²) in [5, 5.41) is 4.31. The molecule has 132 valence electrons. The largest absolute Gasteiger partial charge is 0.306 e. The maximum atomic E-state index is 13.1. The lowest BCUT2D eigenvalue weighted by Gasteiger charge is -2.31. The van der Waals surface area contributed by atoms with E-state index in [1.54, 1.807) is 4.90 Å². The van der Waals surface area contributed by atoms with Crippen LogP contribution in [0.3, 0.4) is 0 Å². The zero-order chi connectivity index (χ0) is 18.0. The van der Waals surface area contributed by atoms with Gasteiger partial charge in [-0.3, -0.25) is 9.59 Å². The molecule has 2 heterocycles. The molecule has 0 spiro atoms. The van der Waals surface area contributed by atoms with Crippen LogP contribution in [0.4, 0.5) is 5.69 Å². The first-order valence-electron chi connectivity index (χ1n) is 8.70. The van der Waals surface area contributed by atoms with Crippen LogP contribution in [0.5, 0.6) is 0 Å². The van der Waals surface area contributed by atoms with Gasteiger partial charge < -0.3 is 4.90 Å². The van der Waals surface area contributed by atoms with Crippen LogP contribution in [0.1, 0.15) is 47.8 Å². The first-order valence-corrected chi connectivity index (χ1v) is 9.49. The number of carbonyl (C=O) groups excluding carboxylic acids is 1. The molecule has 5 nitrogen and oxygen atoms in total. The molecule has 1 aliphatic rings. The summed E-state index contributed by atoms with van der Waals surface area (Å²) in [6.45, 7) is 5.29. The fraction of sp³-hybridized carbons (Fsp3) is 0.421. The molecule has 2 aromatic rings. The first-order chi connectivity index (χ1) is 12.0. The van der Waals surface area contributed by atoms with E-state index in [2.05, 4.69) is 34.0 Å². The number of benzene rings is 1. The highest BCUT2D eigenvalue weighted by atomic mass is 79.9. The lowest BCUT2D eigenvalue weighted by molar-refractivity contribution is 0.0977. The first kappa shape index (κ1) is 17.9. The standard InChI is InChI=1S/C19H22BrN3O2/c1-3-4-10-23-17(24)8-7-16(21-23)19(25)22-9-5-6-14-12-15(20)11-13(2)18(14)22/h7-8,11-12H,3-6,9-10H2,1-2H3. The Morgan fingerprint density at radius 2 is 2.12 bits per heavy atom. The van der Waals surface area contributed by atoms with Crippen LogP contribution in [0, 0.1) is 6.92 Å².